The molecule has 0 radical (unpaired) electrons. The summed E-state index contributed by atoms with van der Waals surface area (Å²) >= 11 is 0. The molecule has 1 aliphatic carbocycles. The minimum Gasteiger partial charge on any atom is -0.423 e. The molecule has 3 aliphatic rings. The van der Waals surface area contributed by atoms with Gasteiger partial charge in [-0.3, -0.25) is 4.55 Å². The Hall–Kier alpha value is -1.76. The van der Waals surface area contributed by atoms with Crippen LogP contribution >= 0.6 is 0 Å². The molecule has 2 amide bonds. The van der Waals surface area contributed by atoms with E-state index in [1.807, 2.05) is 0 Å². The van der Waals surface area contributed by atoms with Crippen LogP contribution in [0.3, 0.4) is 0 Å². The summed E-state index contributed by atoms with van der Waals surface area (Å²) in [5.74, 6) is 1.20. The van der Waals surface area contributed by atoms with Gasteiger partial charge in [-0.05, 0) is 38.0 Å². The van der Waals surface area contributed by atoms with E-state index in [-0.39, 0.29) is 12.5 Å². The van der Waals surface area contributed by atoms with Crippen molar-refractivity contribution >= 4 is 16.4 Å². The Labute approximate surface area is 156 Å². The Morgan fingerprint density at radius 1 is 1.33 bits per heavy atom. The van der Waals surface area contributed by atoms with E-state index in [0.717, 1.165) is 25.9 Å². The van der Waals surface area contributed by atoms with E-state index < -0.39 is 22.5 Å². The molecular formula is C15H23N5O6S. The van der Waals surface area contributed by atoms with Gasteiger partial charge in [0.15, 0.2) is 0 Å². The lowest BCUT2D eigenvalue weighted by molar-refractivity contribution is -0.0279. The Morgan fingerprint density at radius 3 is 2.63 bits per heavy atom. The van der Waals surface area contributed by atoms with Crippen molar-refractivity contribution in [3.05, 3.63) is 11.8 Å². The van der Waals surface area contributed by atoms with Gasteiger partial charge in [0, 0.05) is 25.6 Å². The van der Waals surface area contributed by atoms with Crippen molar-refractivity contribution in [2.45, 2.75) is 44.6 Å². The van der Waals surface area contributed by atoms with Crippen LogP contribution in [-0.2, 0) is 14.7 Å². The van der Waals surface area contributed by atoms with Crippen LogP contribution in [0.25, 0.3) is 0 Å². The summed E-state index contributed by atoms with van der Waals surface area (Å²) in [4.78, 5) is 14.0. The number of urea groups is 1. The van der Waals surface area contributed by atoms with E-state index in [0.29, 0.717) is 41.6 Å². The molecule has 11 nitrogen and oxygen atoms in total. The third-order valence-electron chi connectivity index (χ3n) is 5.65. The van der Waals surface area contributed by atoms with E-state index >= 15 is 0 Å². The SMILES string of the molecule is CCN1C(=O)N(OS(=O)(=O)O)CCC[C@H]1c1nnc(C2CC3(CNC3)C2)o1. The summed E-state index contributed by atoms with van der Waals surface area (Å²) in [5, 5.41) is 12.3. The fraction of sp³-hybridized carbons (Fsp3) is 0.800. The Morgan fingerprint density at radius 2 is 2.04 bits per heavy atom. The van der Waals surface area contributed by atoms with E-state index in [1.165, 1.54) is 4.90 Å². The fourth-order valence-electron chi connectivity index (χ4n) is 4.23. The van der Waals surface area contributed by atoms with Crippen molar-refractivity contribution in [3.8, 4) is 0 Å². The maximum atomic E-state index is 12.6. The van der Waals surface area contributed by atoms with Crippen molar-refractivity contribution < 1.29 is 26.5 Å². The number of aromatic nitrogens is 2. The minimum atomic E-state index is -4.78. The van der Waals surface area contributed by atoms with Crippen LogP contribution in [0.2, 0.25) is 0 Å². The van der Waals surface area contributed by atoms with Gasteiger partial charge in [0.25, 0.3) is 0 Å². The van der Waals surface area contributed by atoms with Gasteiger partial charge in [-0.1, -0.05) is 0 Å². The standard InChI is InChI=1S/C15H23N5O6S/c1-2-19-11(4-3-5-20(14(19)21)26-27(22,23)24)13-18-17-12(25-13)10-6-15(7-10)8-16-9-15/h10-11,16H,2-9H2,1H3,(H,22,23,24)/t11-/m0/s1. The zero-order chi connectivity index (χ0) is 19.2. The molecule has 2 aliphatic heterocycles. The first-order valence-corrected chi connectivity index (χ1v) is 10.5. The molecule has 3 fully saturated rings. The summed E-state index contributed by atoms with van der Waals surface area (Å²) in [5.41, 5.74) is 0.390. The summed E-state index contributed by atoms with van der Waals surface area (Å²) in [6, 6.07) is -1.13. The van der Waals surface area contributed by atoms with Gasteiger partial charge >= 0.3 is 16.4 Å². The molecule has 0 aromatic carbocycles. The Kier molecular flexibility index (Phi) is 4.61. The normalized spacial score (nSPS) is 26.0. The number of amides is 2. The summed E-state index contributed by atoms with van der Waals surface area (Å²) in [6.45, 7) is 4.16. The molecule has 2 saturated heterocycles. The predicted molar refractivity (Wildman–Crippen MR) is 90.7 cm³/mol. The first kappa shape index (κ1) is 18.6. The predicted octanol–water partition coefficient (Wildman–Crippen LogP) is 0.850. The van der Waals surface area contributed by atoms with Crippen molar-refractivity contribution in [2.75, 3.05) is 26.2 Å². The van der Waals surface area contributed by atoms with Crippen LogP contribution in [0.15, 0.2) is 4.42 Å². The van der Waals surface area contributed by atoms with Crippen molar-refractivity contribution in [3.63, 3.8) is 0 Å². The fourth-order valence-corrected chi connectivity index (χ4v) is 4.59. The molecule has 1 spiro atoms. The molecule has 27 heavy (non-hydrogen) atoms. The molecule has 4 rings (SSSR count). The molecular weight excluding hydrogens is 378 g/mol. The molecule has 3 heterocycles. The second-order valence-electron chi connectivity index (χ2n) is 7.52. The Bertz CT molecular complexity index is 814. The van der Waals surface area contributed by atoms with Crippen molar-refractivity contribution in [2.24, 2.45) is 5.41 Å². The number of hydroxylamine groups is 2. The van der Waals surface area contributed by atoms with Crippen LogP contribution < -0.4 is 5.32 Å². The van der Waals surface area contributed by atoms with E-state index in [2.05, 4.69) is 19.8 Å². The molecule has 12 heteroatoms. The van der Waals surface area contributed by atoms with Crippen molar-refractivity contribution in [1.82, 2.24) is 25.5 Å². The maximum absolute atomic E-state index is 12.6. The molecule has 2 N–H and O–H groups in total. The molecule has 1 aromatic rings. The number of nitrogens with one attached hydrogen (secondary N) is 1. The largest absolute Gasteiger partial charge is 0.423 e. The van der Waals surface area contributed by atoms with Crippen LogP contribution in [0.5, 0.6) is 0 Å². The smallest absolute Gasteiger partial charge is 0.418 e. The average Bonchev–Trinajstić information content (AvgIpc) is 2.92. The molecule has 1 saturated carbocycles. The van der Waals surface area contributed by atoms with Gasteiger partial charge in [0.1, 0.15) is 6.04 Å². The molecule has 150 valence electrons. The lowest BCUT2D eigenvalue weighted by Crippen LogP contribution is -2.59. The highest BCUT2D eigenvalue weighted by molar-refractivity contribution is 7.80. The highest BCUT2D eigenvalue weighted by atomic mass is 32.3. The van der Waals surface area contributed by atoms with Crippen molar-refractivity contribution in [1.29, 1.82) is 0 Å². The third kappa shape index (κ3) is 3.53. The number of rotatable bonds is 5. The zero-order valence-electron chi connectivity index (χ0n) is 15.0. The quantitative estimate of drug-likeness (QED) is 0.687. The van der Waals surface area contributed by atoms with Crippen LogP contribution in [-0.4, -0.2) is 65.3 Å². The number of hydrogen-bond acceptors (Lipinski definition) is 8. The van der Waals surface area contributed by atoms with Gasteiger partial charge in [0.2, 0.25) is 11.8 Å². The van der Waals surface area contributed by atoms with Gasteiger partial charge in [0.05, 0.1) is 6.54 Å². The first-order valence-electron chi connectivity index (χ1n) is 9.09. The highest BCUT2D eigenvalue weighted by Gasteiger charge is 2.50. The number of carbonyl (C=O) groups is 1. The van der Waals surface area contributed by atoms with Gasteiger partial charge in [-0.15, -0.1) is 14.5 Å². The summed E-state index contributed by atoms with van der Waals surface area (Å²) < 4.78 is 41.1. The highest BCUT2D eigenvalue weighted by Crippen LogP contribution is 2.53. The Balaban J connectivity index is 1.48. The number of hydrogen-bond donors (Lipinski definition) is 2. The number of nitrogens with zero attached hydrogens (tertiary/aromatic N) is 4. The summed E-state index contributed by atoms with van der Waals surface area (Å²) in [7, 11) is -4.78. The van der Waals surface area contributed by atoms with Gasteiger partial charge < -0.3 is 14.6 Å². The monoisotopic (exact) mass is 401 g/mol. The van der Waals surface area contributed by atoms with E-state index in [1.54, 1.807) is 6.92 Å². The molecule has 0 unspecified atom stereocenters. The molecule has 1 atom stereocenters. The first-order chi connectivity index (χ1) is 12.8. The zero-order valence-corrected chi connectivity index (χ0v) is 15.8. The van der Waals surface area contributed by atoms with E-state index in [9.17, 15) is 13.2 Å². The van der Waals surface area contributed by atoms with Crippen LogP contribution in [0.4, 0.5) is 4.79 Å². The van der Waals surface area contributed by atoms with Gasteiger partial charge in [-0.25, -0.2) is 4.79 Å². The van der Waals surface area contributed by atoms with Crippen LogP contribution in [0, 0.1) is 5.41 Å². The van der Waals surface area contributed by atoms with E-state index in [4.69, 9.17) is 8.97 Å². The average molecular weight is 401 g/mol. The van der Waals surface area contributed by atoms with Gasteiger partial charge in [-0.2, -0.15) is 13.5 Å². The molecule has 0 bridgehead atoms. The molecule has 1 aromatic heterocycles. The second kappa shape index (κ2) is 6.69. The lowest BCUT2D eigenvalue weighted by atomic mass is 9.58. The van der Waals surface area contributed by atoms with Crippen LogP contribution in [0.1, 0.15) is 56.3 Å². The topological polar surface area (TPSA) is 138 Å². The summed E-state index contributed by atoms with van der Waals surface area (Å²) in [6.07, 6.45) is 3.03. The second-order valence-corrected chi connectivity index (χ2v) is 8.52. The number of carbonyl (C=O) groups excluding carboxylic acids is 1. The maximum Gasteiger partial charge on any atom is 0.418 e. The minimum absolute atomic E-state index is 0.0325. The third-order valence-corrected chi connectivity index (χ3v) is 6.02. The lowest BCUT2D eigenvalue weighted by Gasteiger charge is -2.53.